The summed E-state index contributed by atoms with van der Waals surface area (Å²) >= 11 is 6.13. The highest BCUT2D eigenvalue weighted by Gasteiger charge is 2.26. The van der Waals surface area contributed by atoms with Crippen LogP contribution in [0.1, 0.15) is 48.9 Å². The molecule has 2 aliphatic heterocycles. The van der Waals surface area contributed by atoms with E-state index < -0.39 is 0 Å². The summed E-state index contributed by atoms with van der Waals surface area (Å²) in [5.74, 6) is 0.686. The van der Waals surface area contributed by atoms with Gasteiger partial charge in [0.15, 0.2) is 0 Å². The topological polar surface area (TPSA) is 61.2 Å². The third kappa shape index (κ3) is 6.56. The predicted molar refractivity (Wildman–Crippen MR) is 148 cm³/mol. The largest absolute Gasteiger partial charge is 0.490 e. The van der Waals surface area contributed by atoms with Gasteiger partial charge in [0.2, 0.25) is 5.69 Å². The molecular formula is C29H36ClN5O2. The minimum atomic E-state index is -0.00633. The van der Waals surface area contributed by atoms with Crippen molar-refractivity contribution in [3.8, 4) is 5.75 Å². The van der Waals surface area contributed by atoms with Crippen molar-refractivity contribution in [3.63, 3.8) is 0 Å². The summed E-state index contributed by atoms with van der Waals surface area (Å²) in [5.41, 5.74) is 2.34. The number of nitrogens with one attached hydrogen (secondary N) is 2. The van der Waals surface area contributed by atoms with Crippen LogP contribution in [0.25, 0.3) is 4.85 Å². The molecule has 0 spiro atoms. The molecule has 2 aromatic rings. The Morgan fingerprint density at radius 2 is 1.68 bits per heavy atom. The van der Waals surface area contributed by atoms with E-state index in [0.29, 0.717) is 22.0 Å². The van der Waals surface area contributed by atoms with Crippen LogP contribution in [0.2, 0.25) is 5.02 Å². The predicted octanol–water partition coefficient (Wildman–Crippen LogP) is 4.88. The molecule has 1 saturated carbocycles. The third-order valence-corrected chi connectivity index (χ3v) is 8.29. The van der Waals surface area contributed by atoms with Crippen LogP contribution >= 0.6 is 11.6 Å². The van der Waals surface area contributed by atoms with Crippen LogP contribution in [-0.2, 0) is 0 Å². The molecule has 2 aromatic carbocycles. The summed E-state index contributed by atoms with van der Waals surface area (Å²) in [7, 11) is 0. The van der Waals surface area contributed by atoms with E-state index in [2.05, 4.69) is 37.4 Å². The number of hydrogen-bond donors (Lipinski definition) is 2. The van der Waals surface area contributed by atoms with Gasteiger partial charge in [-0.1, -0.05) is 17.7 Å². The Balaban J connectivity index is 1.06. The van der Waals surface area contributed by atoms with Crippen LogP contribution < -0.4 is 20.3 Å². The molecule has 3 fully saturated rings. The van der Waals surface area contributed by atoms with Gasteiger partial charge in [-0.2, -0.15) is 0 Å². The number of ether oxygens (including phenoxy) is 1. The molecule has 1 aliphatic carbocycles. The Morgan fingerprint density at radius 1 is 0.973 bits per heavy atom. The number of hydrogen-bond acceptors (Lipinski definition) is 5. The average molecular weight is 522 g/mol. The maximum Gasteiger partial charge on any atom is 0.251 e. The number of amides is 1. The Bertz CT molecular complexity index is 1100. The Labute approximate surface area is 224 Å². The first kappa shape index (κ1) is 25.8. The fraction of sp³-hybridized carbons (Fsp3) is 0.517. The van der Waals surface area contributed by atoms with Gasteiger partial charge in [0.05, 0.1) is 17.7 Å². The summed E-state index contributed by atoms with van der Waals surface area (Å²) < 4.78 is 6.07. The SMILES string of the molecule is [C-]#[N+]c1ccc(OC2CCC(NC(=O)c3ccc(N4CCN(C5CCNCC5)CC4)cc3)CC2)cc1Cl. The molecule has 0 radical (unpaired) electrons. The van der Waals surface area contributed by atoms with Crippen molar-refractivity contribution in [2.45, 2.75) is 56.7 Å². The second-order valence-corrected chi connectivity index (χ2v) is 10.7. The van der Waals surface area contributed by atoms with E-state index in [1.54, 1.807) is 18.2 Å². The molecule has 0 unspecified atom stereocenters. The van der Waals surface area contributed by atoms with Crippen molar-refractivity contribution in [2.24, 2.45) is 0 Å². The summed E-state index contributed by atoms with van der Waals surface area (Å²) in [4.78, 5) is 21.4. The zero-order valence-electron chi connectivity index (χ0n) is 21.3. The van der Waals surface area contributed by atoms with Crippen LogP contribution in [0.4, 0.5) is 11.4 Å². The summed E-state index contributed by atoms with van der Waals surface area (Å²) in [5, 5.41) is 7.08. The molecule has 0 atom stereocenters. The third-order valence-electron chi connectivity index (χ3n) is 7.99. The maximum absolute atomic E-state index is 12.9. The second-order valence-electron chi connectivity index (χ2n) is 10.3. The fourth-order valence-corrected chi connectivity index (χ4v) is 5.99. The standard InChI is InChI=1S/C29H36ClN5O2/c1-31-28-11-10-26(20-27(28)30)37-25-8-4-22(5-9-25)33-29(36)21-2-6-23(7-3-21)34-16-18-35(19-17-34)24-12-14-32-15-13-24/h2-3,6-7,10-11,20,22,24-25,32H,4-5,8-9,12-19H2,(H,33,36). The number of rotatable bonds is 6. The lowest BCUT2D eigenvalue weighted by Crippen LogP contribution is -2.52. The number of halogens is 1. The highest BCUT2D eigenvalue weighted by atomic mass is 35.5. The molecule has 0 aromatic heterocycles. The van der Waals surface area contributed by atoms with Crippen molar-refractivity contribution in [2.75, 3.05) is 44.2 Å². The lowest BCUT2D eigenvalue weighted by molar-refractivity contribution is 0.0894. The van der Waals surface area contributed by atoms with Gasteiger partial charge in [0.1, 0.15) is 5.75 Å². The molecule has 8 heteroatoms. The second kappa shape index (κ2) is 12.2. The number of piperazine rings is 1. The maximum atomic E-state index is 12.9. The molecule has 37 heavy (non-hydrogen) atoms. The van der Waals surface area contributed by atoms with Crippen molar-refractivity contribution >= 4 is 28.9 Å². The fourth-order valence-electron chi connectivity index (χ4n) is 5.78. The van der Waals surface area contributed by atoms with Crippen molar-refractivity contribution < 1.29 is 9.53 Å². The first-order chi connectivity index (χ1) is 18.1. The Kier molecular flexibility index (Phi) is 8.50. The number of carbonyl (C=O) groups excluding carboxylic acids is 1. The van der Waals surface area contributed by atoms with Crippen LogP contribution in [0.15, 0.2) is 42.5 Å². The Morgan fingerprint density at radius 3 is 2.32 bits per heavy atom. The molecule has 3 aliphatic rings. The van der Waals surface area contributed by atoms with E-state index in [1.807, 2.05) is 12.1 Å². The first-order valence-corrected chi connectivity index (χ1v) is 13.9. The number of nitrogens with zero attached hydrogens (tertiary/aromatic N) is 3. The van der Waals surface area contributed by atoms with E-state index in [0.717, 1.165) is 71.0 Å². The molecular weight excluding hydrogens is 486 g/mol. The van der Waals surface area contributed by atoms with E-state index >= 15 is 0 Å². The van der Waals surface area contributed by atoms with Crippen LogP contribution in [0.5, 0.6) is 5.75 Å². The zero-order valence-corrected chi connectivity index (χ0v) is 22.1. The highest BCUT2D eigenvalue weighted by molar-refractivity contribution is 6.33. The van der Waals surface area contributed by atoms with Gasteiger partial charge in [0, 0.05) is 49.5 Å². The molecule has 2 heterocycles. The minimum absolute atomic E-state index is 0.00633. The average Bonchev–Trinajstić information content (AvgIpc) is 2.95. The molecule has 196 valence electrons. The van der Waals surface area contributed by atoms with Gasteiger partial charge in [-0.15, -0.1) is 0 Å². The van der Waals surface area contributed by atoms with Gasteiger partial charge in [-0.25, -0.2) is 4.85 Å². The molecule has 2 saturated heterocycles. The van der Waals surface area contributed by atoms with Crippen molar-refractivity contribution in [1.29, 1.82) is 0 Å². The van der Waals surface area contributed by atoms with Crippen LogP contribution in [-0.4, -0.2) is 68.3 Å². The zero-order chi connectivity index (χ0) is 25.6. The van der Waals surface area contributed by atoms with Gasteiger partial charge < -0.3 is 20.3 Å². The van der Waals surface area contributed by atoms with Crippen LogP contribution in [0, 0.1) is 6.57 Å². The van der Waals surface area contributed by atoms with Crippen molar-refractivity contribution in [1.82, 2.24) is 15.5 Å². The van der Waals surface area contributed by atoms with E-state index in [9.17, 15) is 4.79 Å². The quantitative estimate of drug-likeness (QED) is 0.530. The Hall–Kier alpha value is -2.79. The molecule has 0 bridgehead atoms. The van der Waals surface area contributed by atoms with Crippen LogP contribution in [0.3, 0.4) is 0 Å². The summed E-state index contributed by atoms with van der Waals surface area (Å²) in [6.45, 7) is 13.7. The first-order valence-electron chi connectivity index (χ1n) is 13.5. The summed E-state index contributed by atoms with van der Waals surface area (Å²) in [6.07, 6.45) is 6.10. The van der Waals surface area contributed by atoms with E-state index in [-0.39, 0.29) is 18.1 Å². The molecule has 7 nitrogen and oxygen atoms in total. The van der Waals surface area contributed by atoms with Gasteiger partial charge in [-0.3, -0.25) is 9.69 Å². The van der Waals surface area contributed by atoms with Gasteiger partial charge in [-0.05, 0) is 88.0 Å². The monoisotopic (exact) mass is 521 g/mol. The lowest BCUT2D eigenvalue weighted by atomic mass is 9.92. The number of piperidine rings is 1. The van der Waals surface area contributed by atoms with Gasteiger partial charge in [0.25, 0.3) is 5.91 Å². The highest BCUT2D eigenvalue weighted by Crippen LogP contribution is 2.31. The smallest absolute Gasteiger partial charge is 0.251 e. The summed E-state index contributed by atoms with van der Waals surface area (Å²) in [6, 6.07) is 14.2. The minimum Gasteiger partial charge on any atom is -0.490 e. The van der Waals surface area contributed by atoms with E-state index in [4.69, 9.17) is 22.9 Å². The lowest BCUT2D eigenvalue weighted by Gasteiger charge is -2.41. The van der Waals surface area contributed by atoms with Gasteiger partial charge >= 0.3 is 0 Å². The molecule has 5 rings (SSSR count). The number of benzene rings is 2. The molecule has 1 amide bonds. The molecule has 2 N–H and O–H groups in total. The van der Waals surface area contributed by atoms with Crippen molar-refractivity contribution in [3.05, 3.63) is 64.5 Å². The number of anilines is 1. The number of carbonyl (C=O) groups is 1. The van der Waals surface area contributed by atoms with E-state index in [1.165, 1.54) is 18.5 Å². The normalized spacial score (nSPS) is 23.3.